The van der Waals surface area contributed by atoms with Crippen LogP contribution in [0.15, 0.2) is 77.8 Å². The summed E-state index contributed by atoms with van der Waals surface area (Å²) in [5.74, 6) is -0.665. The number of pyridine rings is 1. The van der Waals surface area contributed by atoms with Gasteiger partial charge in [-0.05, 0) is 67.1 Å². The van der Waals surface area contributed by atoms with Crippen LogP contribution in [0.3, 0.4) is 0 Å². The highest BCUT2D eigenvalue weighted by Crippen LogP contribution is 2.20. The number of nitrogens with one attached hydrogen (secondary N) is 2. The van der Waals surface area contributed by atoms with Gasteiger partial charge in [-0.1, -0.05) is 6.07 Å². The maximum absolute atomic E-state index is 13.1. The zero-order valence-electron chi connectivity index (χ0n) is 18.2. The van der Waals surface area contributed by atoms with Crippen LogP contribution >= 0.6 is 0 Å². The first kappa shape index (κ1) is 25.1. The lowest BCUT2D eigenvalue weighted by atomic mass is 10.2. The maximum Gasteiger partial charge on any atom is 0.263 e. The Morgan fingerprint density at radius 3 is 2.24 bits per heavy atom. The second kappa shape index (κ2) is 10.6. The van der Waals surface area contributed by atoms with E-state index in [-0.39, 0.29) is 36.0 Å². The molecule has 2 N–H and O–H groups in total. The fourth-order valence-corrected chi connectivity index (χ4v) is 5.01. The number of hydrogen-bond acceptors (Lipinski definition) is 6. The third-order valence-electron chi connectivity index (χ3n) is 4.63. The number of halogens is 1. The second-order valence-corrected chi connectivity index (χ2v) is 10.9. The predicted molar refractivity (Wildman–Crippen MR) is 128 cm³/mol. The fourth-order valence-electron chi connectivity index (χ4n) is 3.04. The van der Waals surface area contributed by atoms with Crippen molar-refractivity contribution >= 4 is 43.1 Å². The number of benzene rings is 2. The van der Waals surface area contributed by atoms with Gasteiger partial charge in [0, 0.05) is 24.8 Å². The Balaban J connectivity index is 1.56. The van der Waals surface area contributed by atoms with Crippen molar-refractivity contribution in [2.75, 3.05) is 27.1 Å². The summed E-state index contributed by atoms with van der Waals surface area (Å²) in [5.41, 5.74) is 0.695. The minimum Gasteiger partial charge on any atom is -0.326 e. The molecule has 1 aromatic heterocycles. The number of anilines is 3. The van der Waals surface area contributed by atoms with Gasteiger partial charge in [-0.2, -0.15) is 0 Å². The van der Waals surface area contributed by atoms with Gasteiger partial charge in [0.05, 0.1) is 16.8 Å². The van der Waals surface area contributed by atoms with Crippen molar-refractivity contribution < 1.29 is 26.0 Å². The number of rotatable bonds is 10. The molecule has 0 aliphatic heterocycles. The van der Waals surface area contributed by atoms with E-state index in [1.165, 1.54) is 48.7 Å². The van der Waals surface area contributed by atoms with Crippen LogP contribution in [0.25, 0.3) is 0 Å². The van der Waals surface area contributed by atoms with Gasteiger partial charge >= 0.3 is 0 Å². The minimum absolute atomic E-state index is 0.000700. The van der Waals surface area contributed by atoms with E-state index in [0.717, 1.165) is 22.7 Å². The van der Waals surface area contributed by atoms with Crippen LogP contribution in [-0.2, 0) is 24.8 Å². The molecule has 0 aliphatic carbocycles. The van der Waals surface area contributed by atoms with Crippen molar-refractivity contribution in [2.45, 2.75) is 17.7 Å². The van der Waals surface area contributed by atoms with Crippen LogP contribution in [0, 0.1) is 5.82 Å². The standard InChI is InChI=1S/C22H23FN4O5S2/c1-33(29,30)27(19-11-7-17(23)8-12-19)16-4-6-22(28)25-18-9-13-20(14-10-18)34(31,32)26-21-5-2-3-15-24-21/h2-3,5,7-15H,4,6,16H2,1H3,(H,24,26)(H,25,28). The smallest absolute Gasteiger partial charge is 0.263 e. The molecule has 34 heavy (non-hydrogen) atoms. The molecule has 0 spiro atoms. The van der Waals surface area contributed by atoms with Crippen molar-refractivity contribution in [1.29, 1.82) is 0 Å². The van der Waals surface area contributed by atoms with Crippen molar-refractivity contribution in [3.8, 4) is 0 Å². The Bertz CT molecular complexity index is 1330. The SMILES string of the molecule is CS(=O)(=O)N(CCCC(=O)Nc1ccc(S(=O)(=O)Nc2ccccn2)cc1)c1ccc(F)cc1. The highest BCUT2D eigenvalue weighted by molar-refractivity contribution is 7.92. The molecular formula is C22H23FN4O5S2. The molecule has 1 heterocycles. The largest absolute Gasteiger partial charge is 0.326 e. The van der Waals surface area contributed by atoms with Gasteiger partial charge in [-0.15, -0.1) is 0 Å². The highest BCUT2D eigenvalue weighted by Gasteiger charge is 2.18. The van der Waals surface area contributed by atoms with Gasteiger partial charge in [-0.3, -0.25) is 13.8 Å². The van der Waals surface area contributed by atoms with Crippen LogP contribution in [0.5, 0.6) is 0 Å². The summed E-state index contributed by atoms with van der Waals surface area (Å²) < 4.78 is 65.7. The Hall–Kier alpha value is -3.51. The van der Waals surface area contributed by atoms with Gasteiger partial charge in [0.25, 0.3) is 10.0 Å². The molecular weight excluding hydrogens is 483 g/mol. The third kappa shape index (κ3) is 6.99. The zero-order valence-corrected chi connectivity index (χ0v) is 19.8. The van der Waals surface area contributed by atoms with Crippen LogP contribution in [0.1, 0.15) is 12.8 Å². The number of aromatic nitrogens is 1. The molecule has 1 amide bonds. The number of sulfonamides is 2. The average molecular weight is 507 g/mol. The van der Waals surface area contributed by atoms with Crippen molar-refractivity contribution in [3.63, 3.8) is 0 Å². The van der Waals surface area contributed by atoms with Crippen LogP contribution in [0.2, 0.25) is 0 Å². The van der Waals surface area contributed by atoms with Gasteiger partial charge in [0.2, 0.25) is 15.9 Å². The number of amides is 1. The quantitative estimate of drug-likeness (QED) is 0.435. The molecule has 0 saturated carbocycles. The molecule has 0 saturated heterocycles. The lowest BCUT2D eigenvalue weighted by Gasteiger charge is -2.22. The molecule has 3 aromatic rings. The summed E-state index contributed by atoms with van der Waals surface area (Å²) in [4.78, 5) is 16.2. The number of nitrogens with zero attached hydrogens (tertiary/aromatic N) is 2. The van der Waals surface area contributed by atoms with Gasteiger partial charge in [0.15, 0.2) is 0 Å². The topological polar surface area (TPSA) is 126 Å². The molecule has 0 aliphatic rings. The van der Waals surface area contributed by atoms with Crippen LogP contribution < -0.4 is 14.3 Å². The van der Waals surface area contributed by atoms with Gasteiger partial charge in [0.1, 0.15) is 11.6 Å². The molecule has 9 nitrogen and oxygen atoms in total. The molecule has 180 valence electrons. The summed E-state index contributed by atoms with van der Waals surface area (Å²) in [5, 5.41) is 2.65. The Labute approximate surface area is 197 Å². The van der Waals surface area contributed by atoms with E-state index >= 15 is 0 Å². The van der Waals surface area contributed by atoms with E-state index in [9.17, 15) is 26.0 Å². The molecule has 0 fully saturated rings. The van der Waals surface area contributed by atoms with Gasteiger partial charge < -0.3 is 5.32 Å². The van der Waals surface area contributed by atoms with Gasteiger partial charge in [-0.25, -0.2) is 26.2 Å². The summed E-state index contributed by atoms with van der Waals surface area (Å²) in [6.45, 7) is 0.0360. The van der Waals surface area contributed by atoms with E-state index in [0.29, 0.717) is 11.4 Å². The Morgan fingerprint density at radius 2 is 1.65 bits per heavy atom. The molecule has 3 rings (SSSR count). The van der Waals surface area contributed by atoms with Crippen molar-refractivity contribution in [1.82, 2.24) is 4.98 Å². The molecule has 0 bridgehead atoms. The Kier molecular flexibility index (Phi) is 7.84. The lowest BCUT2D eigenvalue weighted by molar-refractivity contribution is -0.116. The molecule has 0 unspecified atom stereocenters. The van der Waals surface area contributed by atoms with Crippen molar-refractivity contribution in [2.24, 2.45) is 0 Å². The van der Waals surface area contributed by atoms with E-state index in [1.807, 2.05) is 0 Å². The summed E-state index contributed by atoms with van der Waals surface area (Å²) >= 11 is 0. The first-order chi connectivity index (χ1) is 16.0. The maximum atomic E-state index is 13.1. The number of carbonyl (C=O) groups is 1. The second-order valence-electron chi connectivity index (χ2n) is 7.31. The van der Waals surface area contributed by atoms with E-state index in [1.54, 1.807) is 12.1 Å². The predicted octanol–water partition coefficient (Wildman–Crippen LogP) is 3.21. The highest BCUT2D eigenvalue weighted by atomic mass is 32.2. The molecule has 2 aromatic carbocycles. The fraction of sp³-hybridized carbons (Fsp3) is 0.182. The summed E-state index contributed by atoms with van der Waals surface area (Å²) in [7, 11) is -7.45. The number of hydrogen-bond donors (Lipinski definition) is 2. The summed E-state index contributed by atoms with van der Waals surface area (Å²) in [6.07, 6.45) is 2.74. The zero-order chi connectivity index (χ0) is 24.8. The van der Waals surface area contributed by atoms with Crippen molar-refractivity contribution in [3.05, 3.63) is 78.7 Å². The van der Waals surface area contributed by atoms with E-state index in [4.69, 9.17) is 0 Å². The van der Waals surface area contributed by atoms with E-state index in [2.05, 4.69) is 15.0 Å². The number of carbonyl (C=O) groups excluding carboxylic acids is 1. The van der Waals surface area contributed by atoms with Crippen LogP contribution in [0.4, 0.5) is 21.6 Å². The minimum atomic E-state index is -3.84. The molecule has 12 heteroatoms. The average Bonchev–Trinajstić information content (AvgIpc) is 2.77. The lowest BCUT2D eigenvalue weighted by Crippen LogP contribution is -2.31. The Morgan fingerprint density at radius 1 is 0.971 bits per heavy atom. The molecule has 0 radical (unpaired) electrons. The van der Waals surface area contributed by atoms with Crippen LogP contribution in [-0.4, -0.2) is 40.5 Å². The first-order valence-corrected chi connectivity index (χ1v) is 13.4. The monoisotopic (exact) mass is 506 g/mol. The first-order valence-electron chi connectivity index (χ1n) is 10.1. The molecule has 0 atom stereocenters. The normalized spacial score (nSPS) is 11.6. The third-order valence-corrected chi connectivity index (χ3v) is 7.20. The summed E-state index contributed by atoms with van der Waals surface area (Å²) in [6, 6.07) is 15.5. The van der Waals surface area contributed by atoms with E-state index < -0.39 is 25.9 Å².